The summed E-state index contributed by atoms with van der Waals surface area (Å²) in [5, 5.41) is 35.5. The van der Waals surface area contributed by atoms with E-state index in [0.29, 0.717) is 23.2 Å². The number of aromatic nitrogens is 2. The Bertz CT molecular complexity index is 2380. The second-order valence-corrected chi connectivity index (χ2v) is 17.8. The minimum Gasteiger partial charge on any atom is -0.508 e. The number of carbonyl (C=O) groups excluding carboxylic acids is 8. The lowest BCUT2D eigenvalue weighted by atomic mass is 9.99. The van der Waals surface area contributed by atoms with E-state index in [0.717, 1.165) is 0 Å². The monoisotopic (exact) mass is 1000 g/mol. The van der Waals surface area contributed by atoms with Gasteiger partial charge in [-0.1, -0.05) is 56.3 Å². The van der Waals surface area contributed by atoms with Crippen LogP contribution in [0.3, 0.4) is 0 Å². The number of imidazole rings is 1. The Morgan fingerprint density at radius 1 is 0.750 bits per heavy atom. The van der Waals surface area contributed by atoms with E-state index >= 15 is 0 Å². The summed E-state index contributed by atoms with van der Waals surface area (Å²) < 4.78 is 0. The number of nitrogens with two attached hydrogens (primary N) is 4. The lowest BCUT2D eigenvalue weighted by molar-refractivity contribution is -0.145. The molecule has 17 N–H and O–H groups in total. The number of carboxylic acid groups (broad SMARTS) is 1. The number of hydrogen-bond acceptors (Lipinski definition) is 13. The molecule has 72 heavy (non-hydrogen) atoms. The fourth-order valence-electron chi connectivity index (χ4n) is 7.80. The van der Waals surface area contributed by atoms with Crippen LogP contribution in [-0.4, -0.2) is 146 Å². The van der Waals surface area contributed by atoms with E-state index in [2.05, 4.69) is 46.9 Å². The number of primary amides is 1. The molecule has 4 rings (SSSR count). The maximum absolute atomic E-state index is 14.3. The number of carbonyl (C=O) groups is 9. The highest BCUT2D eigenvalue weighted by molar-refractivity contribution is 5.98. The Morgan fingerprint density at radius 3 is 1.99 bits per heavy atom. The lowest BCUT2D eigenvalue weighted by Gasteiger charge is -2.30. The molecule has 1 fully saturated rings. The molecule has 8 atom stereocenters. The van der Waals surface area contributed by atoms with E-state index in [-0.39, 0.29) is 63.3 Å². The van der Waals surface area contributed by atoms with E-state index in [9.17, 15) is 53.4 Å². The van der Waals surface area contributed by atoms with Gasteiger partial charge in [-0.15, -0.1) is 0 Å². The molecule has 0 spiro atoms. The molecule has 3 aromatic rings. The molecule has 0 bridgehead atoms. The van der Waals surface area contributed by atoms with Crippen molar-refractivity contribution in [2.24, 2.45) is 33.8 Å². The van der Waals surface area contributed by atoms with Gasteiger partial charge in [0, 0.05) is 44.2 Å². The largest absolute Gasteiger partial charge is 0.508 e. The summed E-state index contributed by atoms with van der Waals surface area (Å²) in [7, 11) is 0. The Hall–Kier alpha value is -8.09. The van der Waals surface area contributed by atoms with Crippen LogP contribution in [0.5, 0.6) is 5.75 Å². The first-order valence-corrected chi connectivity index (χ1v) is 23.4. The maximum Gasteiger partial charge on any atom is 0.326 e. The van der Waals surface area contributed by atoms with Gasteiger partial charge in [0.15, 0.2) is 5.96 Å². The van der Waals surface area contributed by atoms with Crippen molar-refractivity contribution in [1.82, 2.24) is 46.8 Å². The molecule has 0 unspecified atom stereocenters. The summed E-state index contributed by atoms with van der Waals surface area (Å²) in [6.07, 6.45) is 2.86. The summed E-state index contributed by atoms with van der Waals surface area (Å²) in [6, 6.07) is 4.14. The van der Waals surface area contributed by atoms with Crippen molar-refractivity contribution < 1.29 is 53.4 Å². The van der Waals surface area contributed by atoms with E-state index in [4.69, 9.17) is 22.9 Å². The highest BCUT2D eigenvalue weighted by Crippen LogP contribution is 2.21. The average Bonchev–Trinajstić information content (AvgIpc) is 4.04. The number of rotatable bonds is 27. The van der Waals surface area contributed by atoms with Crippen LogP contribution in [-0.2, 0) is 62.4 Å². The van der Waals surface area contributed by atoms with E-state index < -0.39 is 114 Å². The first kappa shape index (κ1) is 56.5. The van der Waals surface area contributed by atoms with Crippen molar-refractivity contribution in [3.05, 3.63) is 83.9 Å². The second-order valence-electron chi connectivity index (χ2n) is 17.8. The number of phenols is 1. The number of hydrogen-bond donors (Lipinski definition) is 13. The van der Waals surface area contributed by atoms with Gasteiger partial charge in [0.25, 0.3) is 0 Å². The SMILES string of the molecule is CC(C)[C@H](NC(=O)[C@H](CCCN=C(N)N)NC(=O)[C@@H](N)CC(N)=O)C(=O)N[C@@H](Cc1ccc(O)cc1)C(=O)N[C@@H](C)C(=O)N[C@@H](Cc1cnc[nH]1)C(=O)N1CCC[C@H]1C(=O)N[C@@H](Cc1ccccc1)C(=O)O. The summed E-state index contributed by atoms with van der Waals surface area (Å²) >= 11 is 0. The molecule has 0 saturated carbocycles. The minimum atomic E-state index is -1.40. The number of aliphatic carboxylic acids is 1. The van der Waals surface area contributed by atoms with E-state index in [1.807, 2.05) is 0 Å². The molecule has 390 valence electrons. The van der Waals surface area contributed by atoms with Crippen molar-refractivity contribution in [3.63, 3.8) is 0 Å². The molecule has 25 heteroatoms. The predicted molar refractivity (Wildman–Crippen MR) is 260 cm³/mol. The first-order chi connectivity index (χ1) is 34.1. The Morgan fingerprint density at radius 2 is 1.38 bits per heavy atom. The number of guanidine groups is 1. The van der Waals surface area contributed by atoms with Crippen LogP contribution < -0.4 is 54.8 Å². The number of nitrogens with one attached hydrogen (secondary N) is 7. The zero-order valence-electron chi connectivity index (χ0n) is 40.3. The van der Waals surface area contributed by atoms with Crippen LogP contribution in [0.15, 0.2) is 72.1 Å². The molecule has 0 radical (unpaired) electrons. The van der Waals surface area contributed by atoms with Crippen LogP contribution in [0.4, 0.5) is 0 Å². The molecule has 8 amide bonds. The number of benzene rings is 2. The molecule has 2 heterocycles. The van der Waals surface area contributed by atoms with Crippen molar-refractivity contribution in [2.45, 2.75) is 120 Å². The number of likely N-dealkylation sites (tertiary alicyclic amines) is 1. The molecule has 1 aliphatic rings. The van der Waals surface area contributed by atoms with Crippen LogP contribution >= 0.6 is 0 Å². The topological polar surface area (TPSA) is 415 Å². The highest BCUT2D eigenvalue weighted by atomic mass is 16.4. The molecule has 1 aromatic heterocycles. The lowest BCUT2D eigenvalue weighted by Crippen LogP contribution is -2.61. The average molecular weight is 1000 g/mol. The van der Waals surface area contributed by atoms with Gasteiger partial charge in [0.2, 0.25) is 47.3 Å². The number of nitrogens with zero attached hydrogens (tertiary/aromatic N) is 3. The van der Waals surface area contributed by atoms with Gasteiger partial charge in [-0.05, 0) is 61.8 Å². The van der Waals surface area contributed by atoms with Crippen molar-refractivity contribution in [2.75, 3.05) is 13.1 Å². The van der Waals surface area contributed by atoms with Crippen LogP contribution in [0.2, 0.25) is 0 Å². The molecule has 1 aliphatic heterocycles. The number of aromatic amines is 1. The van der Waals surface area contributed by atoms with E-state index in [1.165, 1.54) is 48.6 Å². The Labute approximate surface area is 415 Å². The van der Waals surface area contributed by atoms with Crippen LogP contribution in [0, 0.1) is 5.92 Å². The van der Waals surface area contributed by atoms with Gasteiger partial charge in [0.05, 0.1) is 18.8 Å². The zero-order chi connectivity index (χ0) is 53.1. The standard InChI is InChI=1S/C47H66N14O11/c1-25(2)38(60-41(66)32(11-7-17-53-47(50)51)56-40(65)31(48)22-37(49)63)44(69)57-33(19-28-13-15-30(62)16-14-28)42(67)55-26(3)39(64)58-34(21-29-23-52-24-54-29)45(70)61-18-8-12-36(61)43(68)59-35(46(71)72)20-27-9-5-4-6-10-27/h4-6,9-10,13-16,23-26,31-36,38,62H,7-8,11-12,17-22,48H2,1-3H3,(H2,49,63)(H,52,54)(H,55,67)(H,56,65)(H,57,69)(H,58,64)(H,59,68)(H,60,66)(H,71,72)(H4,50,51,53)/t26-,31-,32-,33-,34-,35-,36-,38-/m0/s1. The summed E-state index contributed by atoms with van der Waals surface area (Å²) in [5.74, 6) is -8.48. The van der Waals surface area contributed by atoms with Crippen molar-refractivity contribution in [3.8, 4) is 5.75 Å². The van der Waals surface area contributed by atoms with E-state index in [1.54, 1.807) is 44.2 Å². The molecule has 0 aliphatic carbocycles. The number of amides is 8. The number of aromatic hydroxyl groups is 1. The van der Waals surface area contributed by atoms with Gasteiger partial charge in [0.1, 0.15) is 48.0 Å². The van der Waals surface area contributed by atoms with Gasteiger partial charge < -0.3 is 74.9 Å². The molecular weight excluding hydrogens is 937 g/mol. The summed E-state index contributed by atoms with van der Waals surface area (Å²) in [5.41, 5.74) is 23.5. The third-order valence-corrected chi connectivity index (χ3v) is 11.7. The number of aliphatic imine (C=N–C) groups is 1. The fraction of sp³-hybridized carbons (Fsp3) is 0.468. The van der Waals surface area contributed by atoms with Crippen molar-refractivity contribution in [1.29, 1.82) is 0 Å². The minimum absolute atomic E-state index is 0.00173. The zero-order valence-corrected chi connectivity index (χ0v) is 40.3. The fourth-order valence-corrected chi connectivity index (χ4v) is 7.80. The Kier molecular flexibility index (Phi) is 21.5. The Balaban J connectivity index is 1.52. The van der Waals surface area contributed by atoms with Gasteiger partial charge in [-0.25, -0.2) is 9.78 Å². The quantitative estimate of drug-likeness (QED) is 0.0206. The second kappa shape index (κ2) is 27.3. The summed E-state index contributed by atoms with van der Waals surface area (Å²) in [4.78, 5) is 133. The predicted octanol–water partition coefficient (Wildman–Crippen LogP) is -2.94. The number of carboxylic acids is 1. The molecular formula is C47H66N14O11. The molecule has 1 saturated heterocycles. The van der Waals surface area contributed by atoms with Crippen LogP contribution in [0.25, 0.3) is 0 Å². The van der Waals surface area contributed by atoms with Crippen LogP contribution in [0.1, 0.15) is 69.7 Å². The van der Waals surface area contributed by atoms with Gasteiger partial charge >= 0.3 is 5.97 Å². The normalized spacial score (nSPS) is 16.1. The molecule has 25 nitrogen and oxygen atoms in total. The van der Waals surface area contributed by atoms with Crippen molar-refractivity contribution >= 4 is 59.2 Å². The number of phenolic OH excluding ortho intramolecular Hbond substituents is 1. The third kappa shape index (κ3) is 17.7. The highest BCUT2D eigenvalue weighted by Gasteiger charge is 2.40. The number of H-pyrrole nitrogens is 1. The van der Waals surface area contributed by atoms with Gasteiger partial charge in [-0.3, -0.25) is 43.3 Å². The molecule has 2 aromatic carbocycles. The maximum atomic E-state index is 14.3. The smallest absolute Gasteiger partial charge is 0.326 e. The summed E-state index contributed by atoms with van der Waals surface area (Å²) in [6.45, 7) is 4.81. The van der Waals surface area contributed by atoms with Gasteiger partial charge in [-0.2, -0.15) is 0 Å². The first-order valence-electron chi connectivity index (χ1n) is 23.4. The third-order valence-electron chi connectivity index (χ3n) is 11.7.